The predicted octanol–water partition coefficient (Wildman–Crippen LogP) is 5.59. The van der Waals surface area contributed by atoms with Crippen LogP contribution in [-0.4, -0.2) is 93.9 Å². The van der Waals surface area contributed by atoms with Crippen LogP contribution in [0.3, 0.4) is 0 Å². The van der Waals surface area contributed by atoms with Gasteiger partial charge in [-0.25, -0.2) is 15.0 Å². The normalized spacial score (nSPS) is 16.8. The van der Waals surface area contributed by atoms with Gasteiger partial charge in [-0.05, 0) is 72.8 Å². The topological polar surface area (TPSA) is 81.5 Å². The maximum atomic E-state index is 4.79. The number of rotatable bonds is 8. The summed E-state index contributed by atoms with van der Waals surface area (Å²) < 4.78 is 1.83. The third-order valence-corrected chi connectivity index (χ3v) is 9.79. The number of hydrogen-bond donors (Lipinski definition) is 1. The fraction of sp³-hybridized carbons (Fsp3) is 0.316. The molecule has 0 bridgehead atoms. The van der Waals surface area contributed by atoms with Crippen LogP contribution < -0.4 is 15.1 Å². The number of piperazine rings is 2. The third kappa shape index (κ3) is 6.35. The third-order valence-electron chi connectivity index (χ3n) is 9.79. The Morgan fingerprint density at radius 1 is 0.688 bits per heavy atom. The number of nitrogens with zero attached hydrogens (tertiary/aromatic N) is 9. The molecule has 4 aromatic heterocycles. The number of allylic oxidation sites excluding steroid dienone is 1. The highest BCUT2D eigenvalue weighted by Crippen LogP contribution is 2.38. The molecule has 8 rings (SSSR count). The van der Waals surface area contributed by atoms with Crippen LogP contribution in [0.5, 0.6) is 0 Å². The predicted molar refractivity (Wildman–Crippen MR) is 195 cm³/mol. The first-order chi connectivity index (χ1) is 23.5. The molecule has 2 aliphatic heterocycles. The molecule has 244 valence electrons. The fourth-order valence-corrected chi connectivity index (χ4v) is 6.68. The molecule has 6 heterocycles. The average Bonchev–Trinajstić information content (AvgIpc) is 3.89. The number of hydrogen-bond acceptors (Lipinski definition) is 9. The van der Waals surface area contributed by atoms with E-state index in [-0.39, 0.29) is 0 Å². The zero-order valence-electron chi connectivity index (χ0n) is 27.8. The number of fused-ring (bicyclic) bond motifs is 1. The van der Waals surface area contributed by atoms with Crippen LogP contribution in [0.4, 0.5) is 17.5 Å². The van der Waals surface area contributed by atoms with Gasteiger partial charge in [0.2, 0.25) is 0 Å². The summed E-state index contributed by atoms with van der Waals surface area (Å²) in [6.07, 6.45) is 12.0. The van der Waals surface area contributed by atoms with Crippen LogP contribution in [-0.2, 0) is 7.05 Å². The standard InChI is InChI=1S/C38H42N10/c1-27(31-8-9-36(41-23-31)47-14-12-44(2)13-15-47)46-16-18-48(19-17-46)37-22-30(10-11-39-37)38(28-4-5-28)43-35-21-33-20-29(6-7-32(33)24-40-35)34-25-42-45(3)26-34/h6-11,20-26H,1,4-5,12-19H2,2-3H3,(H,40,43). The minimum absolute atomic E-state index is 0.844. The highest BCUT2D eigenvalue weighted by Gasteiger charge is 2.24. The molecule has 1 N–H and O–H groups in total. The second-order valence-corrected chi connectivity index (χ2v) is 13.2. The number of anilines is 3. The van der Waals surface area contributed by atoms with Crippen molar-refractivity contribution >= 4 is 39.6 Å². The molecule has 0 radical (unpaired) electrons. The molecular weight excluding hydrogens is 596 g/mol. The summed E-state index contributed by atoms with van der Waals surface area (Å²) in [7, 11) is 4.12. The van der Waals surface area contributed by atoms with Crippen molar-refractivity contribution < 1.29 is 0 Å². The Morgan fingerprint density at radius 3 is 2.21 bits per heavy atom. The van der Waals surface area contributed by atoms with Crippen molar-refractivity contribution in [3.8, 4) is 11.1 Å². The summed E-state index contributed by atoms with van der Waals surface area (Å²) >= 11 is 0. The summed E-state index contributed by atoms with van der Waals surface area (Å²) in [6.45, 7) is 12.2. The van der Waals surface area contributed by atoms with E-state index >= 15 is 0 Å². The first-order valence-electron chi connectivity index (χ1n) is 16.9. The van der Waals surface area contributed by atoms with Gasteiger partial charge < -0.3 is 24.9 Å². The fourth-order valence-electron chi connectivity index (χ4n) is 6.68. The zero-order valence-corrected chi connectivity index (χ0v) is 27.8. The lowest BCUT2D eigenvalue weighted by Gasteiger charge is -2.38. The van der Waals surface area contributed by atoms with Gasteiger partial charge in [-0.2, -0.15) is 5.10 Å². The molecule has 48 heavy (non-hydrogen) atoms. The average molecular weight is 639 g/mol. The molecule has 0 unspecified atom stereocenters. The molecule has 1 aliphatic carbocycles. The molecule has 5 aromatic rings. The number of nitrogens with one attached hydrogen (secondary N) is 1. The first-order valence-corrected chi connectivity index (χ1v) is 16.9. The van der Waals surface area contributed by atoms with Crippen molar-refractivity contribution in [1.29, 1.82) is 0 Å². The molecule has 3 fully saturated rings. The van der Waals surface area contributed by atoms with Crippen molar-refractivity contribution in [3.63, 3.8) is 0 Å². The lowest BCUT2D eigenvalue weighted by molar-refractivity contribution is 0.312. The zero-order chi connectivity index (χ0) is 32.6. The van der Waals surface area contributed by atoms with Crippen LogP contribution >= 0.6 is 0 Å². The van der Waals surface area contributed by atoms with Crippen molar-refractivity contribution in [2.45, 2.75) is 12.8 Å². The van der Waals surface area contributed by atoms with E-state index in [1.165, 1.54) is 5.57 Å². The minimum atomic E-state index is 0.844. The Morgan fingerprint density at radius 2 is 1.48 bits per heavy atom. The summed E-state index contributed by atoms with van der Waals surface area (Å²) in [5.41, 5.74) is 8.09. The maximum Gasteiger partial charge on any atom is 0.130 e. The Bertz CT molecular complexity index is 1970. The molecule has 0 atom stereocenters. The van der Waals surface area contributed by atoms with Crippen LogP contribution in [0.1, 0.15) is 24.0 Å². The maximum absolute atomic E-state index is 4.79. The molecule has 0 spiro atoms. The van der Waals surface area contributed by atoms with Crippen molar-refractivity contribution in [3.05, 3.63) is 103 Å². The second kappa shape index (κ2) is 12.8. The van der Waals surface area contributed by atoms with Gasteiger partial charge in [0.1, 0.15) is 17.5 Å². The van der Waals surface area contributed by atoms with E-state index in [0.29, 0.717) is 0 Å². The number of likely N-dealkylation sites (N-methyl/N-ethyl adjacent to an activating group) is 1. The number of aryl methyl sites for hydroxylation is 1. The van der Waals surface area contributed by atoms with Gasteiger partial charge >= 0.3 is 0 Å². The van der Waals surface area contributed by atoms with Crippen molar-refractivity contribution in [2.24, 2.45) is 7.05 Å². The second-order valence-electron chi connectivity index (χ2n) is 13.2. The van der Waals surface area contributed by atoms with Crippen LogP contribution in [0, 0.1) is 0 Å². The summed E-state index contributed by atoms with van der Waals surface area (Å²) in [6, 6.07) is 17.2. The SMILES string of the molecule is C=C(c1ccc(N2CCN(C)CC2)nc1)N1CCN(c2cc(C(Nc3cc4cc(-c5cnn(C)c5)ccc4cn3)=C3CC3)ccn2)CC1. The van der Waals surface area contributed by atoms with Gasteiger partial charge in [0.25, 0.3) is 0 Å². The first kappa shape index (κ1) is 30.1. The highest BCUT2D eigenvalue weighted by atomic mass is 15.3. The molecule has 0 amide bonds. The molecule has 1 saturated carbocycles. The molecule has 2 saturated heterocycles. The van der Waals surface area contributed by atoms with E-state index in [2.05, 4.69) is 92.2 Å². The molecule has 1 aromatic carbocycles. The lowest BCUT2D eigenvalue weighted by atomic mass is 10.0. The Hall–Kier alpha value is -5.22. The van der Waals surface area contributed by atoms with E-state index in [0.717, 1.165) is 127 Å². The molecule has 10 heteroatoms. The van der Waals surface area contributed by atoms with Gasteiger partial charge in [-0.1, -0.05) is 18.7 Å². The molecule has 3 aliphatic rings. The lowest BCUT2D eigenvalue weighted by Crippen LogP contribution is -2.45. The minimum Gasteiger partial charge on any atom is -0.368 e. The quantitative estimate of drug-likeness (QED) is 0.234. The monoisotopic (exact) mass is 638 g/mol. The molecule has 10 nitrogen and oxygen atoms in total. The largest absolute Gasteiger partial charge is 0.368 e. The summed E-state index contributed by atoms with van der Waals surface area (Å²) in [4.78, 5) is 23.8. The van der Waals surface area contributed by atoms with E-state index < -0.39 is 0 Å². The van der Waals surface area contributed by atoms with E-state index in [9.17, 15) is 0 Å². The van der Waals surface area contributed by atoms with Gasteiger partial charge in [-0.15, -0.1) is 0 Å². The Balaban J connectivity index is 0.931. The summed E-state index contributed by atoms with van der Waals surface area (Å²) in [5.74, 6) is 2.90. The summed E-state index contributed by atoms with van der Waals surface area (Å²) in [5, 5.41) is 10.3. The Labute approximate surface area is 282 Å². The van der Waals surface area contributed by atoms with Crippen molar-refractivity contribution in [2.75, 3.05) is 74.5 Å². The van der Waals surface area contributed by atoms with Crippen LogP contribution in [0.2, 0.25) is 0 Å². The Kier molecular flexibility index (Phi) is 8.01. The highest BCUT2D eigenvalue weighted by molar-refractivity contribution is 5.90. The van der Waals surface area contributed by atoms with Gasteiger partial charge in [-0.3, -0.25) is 4.68 Å². The number of pyridine rings is 3. The van der Waals surface area contributed by atoms with Gasteiger partial charge in [0, 0.05) is 118 Å². The van der Waals surface area contributed by atoms with E-state index in [1.54, 1.807) is 0 Å². The molecular formula is C38H42N10. The van der Waals surface area contributed by atoms with Crippen LogP contribution in [0.25, 0.3) is 33.3 Å². The van der Waals surface area contributed by atoms with E-state index in [4.69, 9.17) is 15.0 Å². The number of aromatic nitrogens is 5. The van der Waals surface area contributed by atoms with Crippen molar-refractivity contribution in [1.82, 2.24) is 34.5 Å². The van der Waals surface area contributed by atoms with Gasteiger partial charge in [0.15, 0.2) is 0 Å². The van der Waals surface area contributed by atoms with Crippen LogP contribution in [0.15, 0.2) is 91.7 Å². The number of benzene rings is 1. The smallest absolute Gasteiger partial charge is 0.130 e. The van der Waals surface area contributed by atoms with Gasteiger partial charge in [0.05, 0.1) is 6.20 Å². The van der Waals surface area contributed by atoms with E-state index in [1.807, 2.05) is 42.7 Å².